The van der Waals surface area contributed by atoms with Gasteiger partial charge in [-0.3, -0.25) is 33.6 Å². The molecule has 3 radical (unpaired) electrons. The first kappa shape index (κ1) is 81.5. The van der Waals surface area contributed by atoms with Gasteiger partial charge in [-0.2, -0.15) is 0 Å². The van der Waals surface area contributed by atoms with E-state index in [0.717, 1.165) is 38.5 Å². The highest BCUT2D eigenvalue weighted by atomic mass is 33.1. The normalized spacial score (nSPS) is 19.1. The summed E-state index contributed by atoms with van der Waals surface area (Å²) in [6.07, 6.45) is 1.27. The van der Waals surface area contributed by atoms with Crippen molar-refractivity contribution in [3.05, 3.63) is 89.5 Å². The van der Waals surface area contributed by atoms with E-state index in [0.29, 0.717) is 57.1 Å². The summed E-state index contributed by atoms with van der Waals surface area (Å²) in [6, 6.07) is 19.6. The number of hydrogen-bond acceptors (Lipinski definition) is 23. The van der Waals surface area contributed by atoms with E-state index in [2.05, 4.69) is 37.2 Å². The van der Waals surface area contributed by atoms with Crippen molar-refractivity contribution < 1.29 is 84.6 Å². The van der Waals surface area contributed by atoms with Crippen LogP contribution in [0.1, 0.15) is 102 Å². The van der Waals surface area contributed by atoms with E-state index in [1.165, 1.54) is 29.2 Å². The number of carbonyl (C=O) groups is 7. The molecule has 0 saturated carbocycles. The molecule has 91 heavy (non-hydrogen) atoms. The third kappa shape index (κ3) is 33.2. The number of nitrogens with one attached hydrogen (secondary N) is 7. The second kappa shape index (κ2) is 46.5. The van der Waals surface area contributed by atoms with Gasteiger partial charge >= 0.3 is 0 Å². The SMILES string of the molecule is Nc1ccc(C(=O)NCCN(CCNC(=O)c2ccc(N)cc2)C(=O)CNC(=O)CCCCC2CCSS2)cc1.O.O=C(CCCCC1CCSS1)NCC(=O)NCCNC(=O)c1ccc(NCC(O)C(O)CC(O)CO)cc1.OCC1OCC(O)C(O)C1O.[B]. The molecule has 27 nitrogen and oxygen atoms in total. The Labute approximate surface area is 548 Å². The van der Waals surface area contributed by atoms with Crippen molar-refractivity contribution in [1.82, 2.24) is 36.8 Å². The second-order valence-corrected chi connectivity index (χ2v) is 26.8. The molecule has 6 rings (SSSR count). The number of benzene rings is 3. The van der Waals surface area contributed by atoms with Crippen molar-refractivity contribution in [2.45, 2.75) is 124 Å². The van der Waals surface area contributed by atoms with Crippen LogP contribution in [0, 0.1) is 0 Å². The first-order chi connectivity index (χ1) is 42.8. The minimum absolute atomic E-state index is 0. The number of rotatable bonds is 34. The lowest BCUT2D eigenvalue weighted by atomic mass is 10.0. The molecule has 3 aliphatic rings. The van der Waals surface area contributed by atoms with Crippen molar-refractivity contribution in [2.75, 3.05) is 107 Å². The molecular formula is C59H92BN10O17S4. The topological polar surface area (TPSA) is 462 Å². The molecule has 32 heteroatoms. The summed E-state index contributed by atoms with van der Waals surface area (Å²) in [7, 11) is 7.70. The molecule has 3 aromatic rings. The van der Waals surface area contributed by atoms with Gasteiger partial charge < -0.3 is 105 Å². The van der Waals surface area contributed by atoms with E-state index in [1.54, 1.807) is 72.8 Å². The molecule has 0 aromatic heterocycles. The van der Waals surface area contributed by atoms with Gasteiger partial charge in [-0.25, -0.2) is 0 Å². The maximum absolute atomic E-state index is 13.0. The van der Waals surface area contributed by atoms with Crippen LogP contribution in [0.15, 0.2) is 72.8 Å². The highest BCUT2D eigenvalue weighted by Crippen LogP contribution is 2.40. The van der Waals surface area contributed by atoms with Crippen molar-refractivity contribution in [1.29, 1.82) is 0 Å². The van der Waals surface area contributed by atoms with Crippen molar-refractivity contribution >= 4 is 110 Å². The van der Waals surface area contributed by atoms with Gasteiger partial charge in [-0.15, -0.1) is 0 Å². The first-order valence-corrected chi connectivity index (χ1v) is 34.5. The monoisotopic (exact) mass is 1350 g/mol. The highest BCUT2D eigenvalue weighted by Gasteiger charge is 2.37. The van der Waals surface area contributed by atoms with Crippen LogP contribution in [0.2, 0.25) is 0 Å². The smallest absolute Gasteiger partial charge is 0.251 e. The Morgan fingerprint density at radius 3 is 1.51 bits per heavy atom. The van der Waals surface area contributed by atoms with Gasteiger partial charge in [-0.05, 0) is 111 Å². The highest BCUT2D eigenvalue weighted by molar-refractivity contribution is 8.77. The molecule has 3 aliphatic heterocycles. The van der Waals surface area contributed by atoms with E-state index in [-0.39, 0.29) is 134 Å². The maximum Gasteiger partial charge on any atom is 0.251 e. The number of amides is 7. The zero-order valence-corrected chi connectivity index (χ0v) is 54.2. The molecular weight excluding hydrogens is 1260 g/mol. The number of aliphatic hydroxyl groups excluding tert-OH is 8. The summed E-state index contributed by atoms with van der Waals surface area (Å²) in [5.41, 5.74) is 14.4. The Morgan fingerprint density at radius 1 is 0.582 bits per heavy atom. The quantitative estimate of drug-likeness (QED) is 0.0150. The second-order valence-electron chi connectivity index (χ2n) is 21.2. The predicted molar refractivity (Wildman–Crippen MR) is 357 cm³/mol. The van der Waals surface area contributed by atoms with Crippen molar-refractivity contribution in [2.24, 2.45) is 0 Å². The van der Waals surface area contributed by atoms with Gasteiger partial charge in [0.1, 0.15) is 24.4 Å². The number of aliphatic hydroxyl groups is 8. The van der Waals surface area contributed by atoms with Crippen molar-refractivity contribution in [3.63, 3.8) is 0 Å². The molecule has 0 spiro atoms. The summed E-state index contributed by atoms with van der Waals surface area (Å²) in [5.74, 6) is 0.616. The van der Waals surface area contributed by atoms with Crippen LogP contribution in [0.25, 0.3) is 0 Å². The summed E-state index contributed by atoms with van der Waals surface area (Å²) >= 11 is 0. The average molecular weight is 1350 g/mol. The van der Waals surface area contributed by atoms with E-state index in [4.69, 9.17) is 41.7 Å². The number of nitrogens with two attached hydrogens (primary N) is 2. The third-order valence-corrected chi connectivity index (χ3v) is 20.1. The lowest BCUT2D eigenvalue weighted by molar-refractivity contribution is -0.195. The standard InChI is InChI=1S/C28H38N6O4S2.C25H40N4O7S2.C6H12O5.B.H2O/c29-22-9-5-20(6-10-22)27(37)31-14-16-34(17-15-32-28(38)21-7-11-23(30)12-8-21)26(36)19-33-25(35)4-2-1-3-24-13-18-39-40-24;30-16-19(31)13-21(32)22(33)14-28-18-7-5-17(6-8-18)25(36)27-11-10-26-24(35)15-29-23(34)4-2-1-3-20-9-12-37-38-20;7-1-4-6(10)5(9)3(8)2-11-4;;/h5-12,24H,1-4,13-19,29-30H2,(H,31,37)(H,32,38)(H,33,35);5-8,19-22,28,30-33H,1-4,9-16H2,(H,26,35)(H,27,36)(H,29,34);3-10H,1-2H2;;1H2. The number of nitrogens with zero attached hydrogens (tertiary/aromatic N) is 1. The first-order valence-electron chi connectivity index (χ1n) is 29.7. The fourth-order valence-electron chi connectivity index (χ4n) is 8.71. The van der Waals surface area contributed by atoms with E-state index in [1.807, 2.05) is 43.2 Å². The number of carbonyl (C=O) groups excluding carboxylic acids is 7. The predicted octanol–water partition coefficient (Wildman–Crippen LogP) is -0.836. The van der Waals surface area contributed by atoms with Gasteiger partial charge in [0.25, 0.3) is 17.7 Å². The van der Waals surface area contributed by atoms with E-state index in [9.17, 15) is 48.9 Å². The Kier molecular flexibility index (Phi) is 41.6. The summed E-state index contributed by atoms with van der Waals surface area (Å²) in [6.45, 7) is 0.147. The van der Waals surface area contributed by atoms with Crippen LogP contribution in [0.4, 0.5) is 17.1 Å². The molecule has 21 N–H and O–H groups in total. The van der Waals surface area contributed by atoms with Crippen LogP contribution < -0.4 is 48.7 Å². The van der Waals surface area contributed by atoms with Crippen LogP contribution in [-0.2, 0) is 23.9 Å². The molecule has 7 amide bonds. The lowest BCUT2D eigenvalue weighted by Crippen LogP contribution is -2.53. The van der Waals surface area contributed by atoms with Gasteiger partial charge in [0.15, 0.2) is 0 Å². The molecule has 3 aromatic carbocycles. The number of unbranched alkanes of at least 4 members (excludes halogenated alkanes) is 2. The maximum atomic E-state index is 13.0. The van der Waals surface area contributed by atoms with Crippen LogP contribution in [-0.4, -0.2) is 244 Å². The minimum atomic E-state index is -1.22. The van der Waals surface area contributed by atoms with Crippen LogP contribution in [0.3, 0.4) is 0 Å². The number of hydrogen-bond donors (Lipinski definition) is 17. The Bertz CT molecular complexity index is 2520. The van der Waals surface area contributed by atoms with Gasteiger partial charge in [0.05, 0.1) is 51.2 Å². The summed E-state index contributed by atoms with van der Waals surface area (Å²) in [5, 5.41) is 94.2. The average Bonchev–Trinajstić information content (AvgIpc) is 4.22. The third-order valence-electron chi connectivity index (χ3n) is 14.1. The Hall–Kier alpha value is -5.59. The molecule has 507 valence electrons. The largest absolute Gasteiger partial charge is 0.412 e. The Balaban J connectivity index is 0.000000520. The van der Waals surface area contributed by atoms with E-state index < -0.39 is 49.3 Å². The number of nitrogen functional groups attached to an aromatic ring is 2. The minimum Gasteiger partial charge on any atom is -0.412 e. The zero-order valence-electron chi connectivity index (χ0n) is 51.0. The van der Waals surface area contributed by atoms with Gasteiger partial charge in [0.2, 0.25) is 23.6 Å². The zero-order chi connectivity index (χ0) is 64.9. The lowest BCUT2D eigenvalue weighted by Gasteiger charge is -2.34. The van der Waals surface area contributed by atoms with Gasteiger partial charge in [0, 0.05) is 129 Å². The molecule has 3 heterocycles. The molecule has 0 aliphatic carbocycles. The van der Waals surface area contributed by atoms with Crippen molar-refractivity contribution in [3.8, 4) is 0 Å². The fourth-order valence-corrected chi connectivity index (χ4v) is 14.8. The van der Waals surface area contributed by atoms with E-state index >= 15 is 0 Å². The summed E-state index contributed by atoms with van der Waals surface area (Å²) < 4.78 is 4.81. The number of ether oxygens (including phenoxy) is 1. The number of anilines is 3. The van der Waals surface area contributed by atoms with Gasteiger partial charge in [-0.1, -0.05) is 56.0 Å². The summed E-state index contributed by atoms with van der Waals surface area (Å²) in [4.78, 5) is 87.8. The fraction of sp³-hybridized carbons (Fsp3) is 0.576. The Morgan fingerprint density at radius 2 is 1.04 bits per heavy atom. The molecule has 3 fully saturated rings. The molecule has 0 bridgehead atoms. The molecule has 9 atom stereocenters. The van der Waals surface area contributed by atoms with Crippen LogP contribution >= 0.6 is 43.2 Å². The van der Waals surface area contributed by atoms with Crippen LogP contribution in [0.5, 0.6) is 0 Å². The molecule has 9 unspecified atom stereocenters. The molecule has 3 saturated heterocycles.